The van der Waals surface area contributed by atoms with E-state index in [9.17, 15) is 18.0 Å². The van der Waals surface area contributed by atoms with Gasteiger partial charge in [0.05, 0.1) is 30.6 Å². The molecule has 0 spiro atoms. The van der Waals surface area contributed by atoms with Gasteiger partial charge in [0.1, 0.15) is 17.5 Å². The predicted octanol–water partition coefficient (Wildman–Crippen LogP) is 3.90. The normalized spacial score (nSPS) is 19.9. The number of ether oxygens (including phenoxy) is 3. The van der Waals surface area contributed by atoms with Crippen molar-refractivity contribution in [3.8, 4) is 5.75 Å². The highest BCUT2D eigenvalue weighted by atomic mass is 35.5. The maximum absolute atomic E-state index is 13.5. The van der Waals surface area contributed by atoms with Gasteiger partial charge < -0.3 is 19.1 Å². The third kappa shape index (κ3) is 8.01. The van der Waals surface area contributed by atoms with E-state index in [4.69, 9.17) is 30.4 Å². The number of nitrogens with zero attached hydrogens (tertiary/aromatic N) is 2. The summed E-state index contributed by atoms with van der Waals surface area (Å²) in [7, 11) is -4.02. The molecule has 210 valence electrons. The number of hydrogen-bond acceptors (Lipinski definition) is 8. The van der Waals surface area contributed by atoms with Crippen molar-refractivity contribution in [2.75, 3.05) is 25.5 Å². The molecule has 1 N–H and O–H groups in total. The molecular formula is C27H31ClN2O8S. The van der Waals surface area contributed by atoms with Crippen LogP contribution in [0.25, 0.3) is 0 Å². The molecule has 0 saturated carbocycles. The summed E-state index contributed by atoms with van der Waals surface area (Å²) in [4.78, 5) is 32.4. The zero-order chi connectivity index (χ0) is 28.0. The van der Waals surface area contributed by atoms with Gasteiger partial charge in [-0.2, -0.15) is 8.42 Å². The Balaban J connectivity index is 1.46. The molecule has 2 aromatic rings. The van der Waals surface area contributed by atoms with Crippen LogP contribution in [0.2, 0.25) is 5.15 Å². The molecule has 1 fully saturated rings. The van der Waals surface area contributed by atoms with Crippen molar-refractivity contribution in [1.29, 1.82) is 0 Å². The summed E-state index contributed by atoms with van der Waals surface area (Å²) < 4.78 is 47.3. The lowest BCUT2D eigenvalue weighted by Gasteiger charge is -2.35. The Morgan fingerprint density at radius 2 is 2.00 bits per heavy atom. The van der Waals surface area contributed by atoms with Gasteiger partial charge >= 0.3 is 5.97 Å². The van der Waals surface area contributed by atoms with Crippen LogP contribution in [0.5, 0.6) is 5.75 Å². The summed E-state index contributed by atoms with van der Waals surface area (Å²) in [6, 6.07) is 10.2. The molecule has 3 heterocycles. The molecule has 0 radical (unpaired) electrons. The van der Waals surface area contributed by atoms with Gasteiger partial charge in [0.15, 0.2) is 0 Å². The van der Waals surface area contributed by atoms with Crippen molar-refractivity contribution < 1.29 is 36.8 Å². The Morgan fingerprint density at radius 3 is 2.64 bits per heavy atom. The first kappa shape index (κ1) is 29.0. The van der Waals surface area contributed by atoms with Crippen LogP contribution in [0, 0.1) is 0 Å². The molecule has 12 heteroatoms. The largest absolute Gasteiger partial charge is 0.494 e. The average Bonchev–Trinajstić information content (AvgIpc) is 3.41. The minimum atomic E-state index is -4.02. The molecule has 1 unspecified atom stereocenters. The Kier molecular flexibility index (Phi) is 9.60. The summed E-state index contributed by atoms with van der Waals surface area (Å²) >= 11 is 5.96. The van der Waals surface area contributed by atoms with Crippen LogP contribution >= 0.6 is 11.6 Å². The fourth-order valence-corrected chi connectivity index (χ4v) is 5.30. The average molecular weight is 579 g/mol. The second-order valence-corrected chi connectivity index (χ2v) is 11.5. The molecule has 4 rings (SSSR count). The number of benzene rings is 1. The van der Waals surface area contributed by atoms with E-state index in [-0.39, 0.29) is 43.8 Å². The van der Waals surface area contributed by atoms with E-state index in [1.54, 1.807) is 54.4 Å². The lowest BCUT2D eigenvalue weighted by atomic mass is 9.84. The Hall–Kier alpha value is -2.99. The van der Waals surface area contributed by atoms with E-state index < -0.39 is 22.0 Å². The van der Waals surface area contributed by atoms with Gasteiger partial charge in [0.25, 0.3) is 10.1 Å². The van der Waals surface area contributed by atoms with Crippen molar-refractivity contribution >= 4 is 33.6 Å². The van der Waals surface area contributed by atoms with Crippen molar-refractivity contribution in [2.24, 2.45) is 0 Å². The molecule has 1 aromatic carbocycles. The number of halogens is 1. The summed E-state index contributed by atoms with van der Waals surface area (Å²) in [6.07, 6.45) is 3.57. The predicted molar refractivity (Wildman–Crippen MR) is 143 cm³/mol. The lowest BCUT2D eigenvalue weighted by molar-refractivity contribution is -0.141. The highest BCUT2D eigenvalue weighted by Crippen LogP contribution is 2.37. The van der Waals surface area contributed by atoms with Gasteiger partial charge in [-0.05, 0) is 55.5 Å². The number of esters is 1. The molecule has 0 bridgehead atoms. The first-order valence-electron chi connectivity index (χ1n) is 12.7. The van der Waals surface area contributed by atoms with Crippen LogP contribution in [0.15, 0.2) is 53.9 Å². The molecule has 2 aliphatic heterocycles. The van der Waals surface area contributed by atoms with Crippen LogP contribution < -0.4 is 4.74 Å². The zero-order valence-corrected chi connectivity index (χ0v) is 23.1. The van der Waals surface area contributed by atoms with Gasteiger partial charge in [-0.25, -0.2) is 9.78 Å². The van der Waals surface area contributed by atoms with Gasteiger partial charge in [0, 0.05) is 30.8 Å². The van der Waals surface area contributed by atoms with Crippen LogP contribution in [-0.4, -0.2) is 66.3 Å². The van der Waals surface area contributed by atoms with Gasteiger partial charge in [-0.3, -0.25) is 9.35 Å². The number of rotatable bonds is 11. The van der Waals surface area contributed by atoms with E-state index in [2.05, 4.69) is 4.98 Å². The van der Waals surface area contributed by atoms with Crippen LogP contribution in [-0.2, 0) is 35.8 Å². The smallest absolute Gasteiger partial charge is 0.336 e. The van der Waals surface area contributed by atoms with E-state index in [0.717, 1.165) is 18.4 Å². The second-order valence-electron chi connectivity index (χ2n) is 9.52. The second kappa shape index (κ2) is 12.9. The summed E-state index contributed by atoms with van der Waals surface area (Å²) in [5.41, 5.74) is 2.36. The molecule has 1 saturated heterocycles. The first-order valence-corrected chi connectivity index (χ1v) is 14.7. The third-order valence-electron chi connectivity index (χ3n) is 6.71. The first-order chi connectivity index (χ1) is 18.6. The van der Waals surface area contributed by atoms with Crippen LogP contribution in [0.3, 0.4) is 0 Å². The highest BCUT2D eigenvalue weighted by molar-refractivity contribution is 7.85. The molecule has 0 aliphatic carbocycles. The monoisotopic (exact) mass is 578 g/mol. The van der Waals surface area contributed by atoms with E-state index in [0.29, 0.717) is 40.9 Å². The molecule has 2 aliphatic rings. The van der Waals surface area contributed by atoms with Crippen molar-refractivity contribution in [1.82, 2.24) is 9.88 Å². The molecule has 1 aromatic heterocycles. The van der Waals surface area contributed by atoms with Crippen LogP contribution in [0.4, 0.5) is 0 Å². The minimum absolute atomic E-state index is 0.00389. The minimum Gasteiger partial charge on any atom is -0.494 e. The van der Waals surface area contributed by atoms with Crippen LogP contribution in [0.1, 0.15) is 49.7 Å². The van der Waals surface area contributed by atoms with Crippen molar-refractivity contribution in [2.45, 2.75) is 51.2 Å². The summed E-state index contributed by atoms with van der Waals surface area (Å²) in [6.45, 7) is 2.94. The van der Waals surface area contributed by atoms with E-state index in [1.165, 1.54) is 0 Å². The third-order valence-corrected chi connectivity index (χ3v) is 7.74. The topological polar surface area (TPSA) is 132 Å². The summed E-state index contributed by atoms with van der Waals surface area (Å²) in [5.74, 6) is -0.992. The number of pyridine rings is 1. The SMILES string of the molecule is CC1=C(C(=O)OCc2ccc(OCCCS(=O)(=O)O)cc2)C(c2ccc(Cl)nc2)CC(=O)N1C[C@H]1CCCO1. The molecular weight excluding hydrogens is 548 g/mol. The number of allylic oxidation sites excluding steroid dienone is 1. The van der Waals surface area contributed by atoms with E-state index in [1.807, 2.05) is 0 Å². The number of amides is 1. The Labute approximate surface area is 232 Å². The highest BCUT2D eigenvalue weighted by Gasteiger charge is 2.38. The Morgan fingerprint density at radius 1 is 1.23 bits per heavy atom. The fraction of sp³-hybridized carbons (Fsp3) is 0.444. The molecule has 2 atom stereocenters. The number of hydrogen-bond donors (Lipinski definition) is 1. The number of carbonyl (C=O) groups is 2. The molecule has 1 amide bonds. The van der Waals surface area contributed by atoms with Crippen molar-refractivity contribution in [3.05, 3.63) is 70.1 Å². The van der Waals surface area contributed by atoms with Crippen molar-refractivity contribution in [3.63, 3.8) is 0 Å². The van der Waals surface area contributed by atoms with Gasteiger partial charge in [-0.15, -0.1) is 0 Å². The number of aromatic nitrogens is 1. The molecule has 10 nitrogen and oxygen atoms in total. The molecule has 39 heavy (non-hydrogen) atoms. The quantitative estimate of drug-likeness (QED) is 0.182. The van der Waals surface area contributed by atoms with E-state index >= 15 is 0 Å². The van der Waals surface area contributed by atoms with Gasteiger partial charge in [0.2, 0.25) is 5.91 Å². The maximum atomic E-state index is 13.5. The fourth-order valence-electron chi connectivity index (χ4n) is 4.71. The summed E-state index contributed by atoms with van der Waals surface area (Å²) in [5, 5.41) is 0.316. The Bertz CT molecular complexity index is 1310. The zero-order valence-electron chi connectivity index (χ0n) is 21.5. The number of carbonyl (C=O) groups excluding carboxylic acids is 2. The van der Waals surface area contributed by atoms with Gasteiger partial charge in [-0.1, -0.05) is 29.8 Å². The maximum Gasteiger partial charge on any atom is 0.336 e. The standard InChI is InChI=1S/C27H31ClN2O8S/c1-18-26(27(32)38-17-19-5-8-21(9-6-19)36-12-3-13-39(33,34)35)23(20-7-10-24(28)29-15-20)14-25(31)30(18)16-22-4-2-11-37-22/h5-10,15,22-23H,2-4,11-14,16-17H2,1H3,(H,33,34,35)/t22-,23?/m1/s1. The lowest BCUT2D eigenvalue weighted by Crippen LogP contribution is -2.42.